The number of ether oxygens (including phenoxy) is 2. The van der Waals surface area contributed by atoms with E-state index < -0.39 is 6.10 Å². The van der Waals surface area contributed by atoms with Crippen LogP contribution in [0.25, 0.3) is 21.9 Å². The number of carbonyl (C=O) groups excluding carboxylic acids is 1. The summed E-state index contributed by atoms with van der Waals surface area (Å²) in [6.07, 6.45) is 10.9. The van der Waals surface area contributed by atoms with E-state index in [1.165, 1.54) is 17.7 Å². The molecule has 58 heavy (non-hydrogen) atoms. The fraction of sp³-hybridized carbons (Fsp3) is 0.500. The van der Waals surface area contributed by atoms with Gasteiger partial charge < -0.3 is 45.9 Å². The number of H-pyrrole nitrogens is 1. The summed E-state index contributed by atoms with van der Waals surface area (Å²) in [7, 11) is 0. The summed E-state index contributed by atoms with van der Waals surface area (Å²) < 4.78 is 13.4. The molecule has 14 nitrogen and oxygen atoms in total. The molecule has 0 spiro atoms. The number of hydrogen-bond donors (Lipinski definition) is 7. The van der Waals surface area contributed by atoms with Gasteiger partial charge in [-0.3, -0.25) is 4.79 Å². The number of aromatic hydroxyl groups is 1. The number of aromatic nitrogens is 4. The van der Waals surface area contributed by atoms with Gasteiger partial charge in [0.1, 0.15) is 5.75 Å². The summed E-state index contributed by atoms with van der Waals surface area (Å²) in [5.41, 5.74) is 6.49. The van der Waals surface area contributed by atoms with Crippen molar-refractivity contribution in [3.63, 3.8) is 0 Å². The predicted octanol–water partition coefficient (Wildman–Crippen LogP) is 6.70. The molecule has 2 amide bonds. The number of phenolic OH excluding ortho intramolecular Hbond substituents is 1. The van der Waals surface area contributed by atoms with E-state index in [0.29, 0.717) is 29.6 Å². The Kier molecular flexibility index (Phi) is 15.9. The number of fused-ring (bicyclic) bond motifs is 2. The second kappa shape index (κ2) is 21.7. The monoisotopic (exact) mass is 796 g/mol. The van der Waals surface area contributed by atoms with Gasteiger partial charge in [-0.2, -0.15) is 5.10 Å². The Morgan fingerprint density at radius 2 is 1.76 bits per heavy atom. The summed E-state index contributed by atoms with van der Waals surface area (Å²) in [6.45, 7) is 9.39. The number of urea groups is 1. The predicted molar refractivity (Wildman–Crippen MR) is 229 cm³/mol. The molecule has 0 saturated carbocycles. The van der Waals surface area contributed by atoms with E-state index in [1.54, 1.807) is 12.1 Å². The van der Waals surface area contributed by atoms with Crippen molar-refractivity contribution in [1.29, 1.82) is 0 Å². The van der Waals surface area contributed by atoms with Gasteiger partial charge in [0.15, 0.2) is 5.65 Å². The summed E-state index contributed by atoms with van der Waals surface area (Å²) >= 11 is 0. The Hall–Kier alpha value is -5.02. The van der Waals surface area contributed by atoms with Crippen molar-refractivity contribution in [1.82, 2.24) is 30.4 Å². The molecule has 1 aliphatic rings. The van der Waals surface area contributed by atoms with Crippen LogP contribution in [-0.4, -0.2) is 81.6 Å². The van der Waals surface area contributed by atoms with Crippen LogP contribution in [0, 0.1) is 0 Å². The van der Waals surface area contributed by atoms with E-state index in [0.717, 1.165) is 137 Å². The van der Waals surface area contributed by atoms with Crippen molar-refractivity contribution in [2.24, 2.45) is 0 Å². The van der Waals surface area contributed by atoms with Crippen LogP contribution in [0.2, 0.25) is 0 Å². The SMILES string of the molecule is CCc1nc2c(cnn2CC)c(NC2CCOCC2)c1CNC(=O)Nc1ccc(CCCCOCCCCCCNC[C@H](O)c2ccc(O)c3[nH]c(=O)ccc23)cc1. The van der Waals surface area contributed by atoms with Gasteiger partial charge in [0.05, 0.1) is 28.9 Å². The minimum atomic E-state index is -0.750. The zero-order chi connectivity index (χ0) is 40.7. The average molecular weight is 797 g/mol. The van der Waals surface area contributed by atoms with Crippen LogP contribution >= 0.6 is 0 Å². The lowest BCUT2D eigenvalue weighted by molar-refractivity contribution is 0.0904. The van der Waals surface area contributed by atoms with Crippen molar-refractivity contribution in [3.8, 4) is 5.75 Å². The highest BCUT2D eigenvalue weighted by Crippen LogP contribution is 2.32. The number of amides is 2. The van der Waals surface area contributed by atoms with Gasteiger partial charge in [0.25, 0.3) is 0 Å². The van der Waals surface area contributed by atoms with Crippen molar-refractivity contribution >= 4 is 39.3 Å². The molecule has 5 aromatic rings. The zero-order valence-electron chi connectivity index (χ0n) is 33.9. The molecule has 0 aliphatic carbocycles. The third-order valence-corrected chi connectivity index (χ3v) is 10.8. The van der Waals surface area contributed by atoms with Crippen LogP contribution in [-0.2, 0) is 35.4 Å². The fourth-order valence-corrected chi connectivity index (χ4v) is 7.54. The topological polar surface area (TPSA) is 188 Å². The van der Waals surface area contributed by atoms with Crippen LogP contribution in [0.15, 0.2) is 59.5 Å². The van der Waals surface area contributed by atoms with Crippen LogP contribution < -0.4 is 26.8 Å². The van der Waals surface area contributed by atoms with Crippen molar-refractivity contribution in [2.45, 2.75) is 103 Å². The lowest BCUT2D eigenvalue weighted by Crippen LogP contribution is -2.31. The first-order chi connectivity index (χ1) is 28.3. The molecule has 0 bridgehead atoms. The van der Waals surface area contributed by atoms with Gasteiger partial charge in [0, 0.05) is 80.5 Å². The molecule has 1 saturated heterocycles. The van der Waals surface area contributed by atoms with E-state index in [1.807, 2.05) is 23.0 Å². The van der Waals surface area contributed by atoms with Gasteiger partial charge in [-0.1, -0.05) is 38.0 Å². The van der Waals surface area contributed by atoms with E-state index >= 15 is 0 Å². The van der Waals surface area contributed by atoms with Gasteiger partial charge in [0.2, 0.25) is 5.56 Å². The highest BCUT2D eigenvalue weighted by atomic mass is 16.5. The number of anilines is 2. The van der Waals surface area contributed by atoms with Crippen LogP contribution in [0.4, 0.5) is 16.2 Å². The number of rotatable bonds is 22. The maximum Gasteiger partial charge on any atom is 0.319 e. The minimum Gasteiger partial charge on any atom is -0.506 e. The maximum absolute atomic E-state index is 13.1. The van der Waals surface area contributed by atoms with Crippen molar-refractivity contribution in [3.05, 3.63) is 87.5 Å². The van der Waals surface area contributed by atoms with E-state index in [4.69, 9.17) is 14.5 Å². The molecule has 4 heterocycles. The Bertz CT molecular complexity index is 2130. The number of pyridine rings is 2. The van der Waals surface area contributed by atoms with E-state index in [-0.39, 0.29) is 23.4 Å². The molecular weight excluding hydrogens is 737 g/mol. The Balaban J connectivity index is 0.830. The smallest absolute Gasteiger partial charge is 0.319 e. The van der Waals surface area contributed by atoms with Crippen molar-refractivity contribution in [2.75, 3.05) is 50.2 Å². The number of hydrogen-bond acceptors (Lipinski definition) is 10. The number of nitrogens with one attached hydrogen (secondary N) is 5. The number of carbonyl (C=O) groups is 1. The lowest BCUT2D eigenvalue weighted by Gasteiger charge is -2.26. The van der Waals surface area contributed by atoms with Gasteiger partial charge in [-0.25, -0.2) is 14.5 Å². The van der Waals surface area contributed by atoms with Gasteiger partial charge >= 0.3 is 6.03 Å². The molecule has 3 aromatic heterocycles. The fourth-order valence-electron chi connectivity index (χ4n) is 7.54. The summed E-state index contributed by atoms with van der Waals surface area (Å²) in [5, 5.41) is 40.1. The Morgan fingerprint density at radius 3 is 2.53 bits per heavy atom. The lowest BCUT2D eigenvalue weighted by atomic mass is 10.0. The number of phenols is 1. The molecule has 1 fully saturated rings. The zero-order valence-corrected chi connectivity index (χ0v) is 33.9. The third-order valence-electron chi connectivity index (χ3n) is 10.8. The third kappa shape index (κ3) is 11.6. The normalized spacial score (nSPS) is 13.9. The highest BCUT2D eigenvalue weighted by molar-refractivity contribution is 5.93. The highest BCUT2D eigenvalue weighted by Gasteiger charge is 2.22. The van der Waals surface area contributed by atoms with Gasteiger partial charge in [-0.05, 0) is 100 Å². The first-order valence-corrected chi connectivity index (χ1v) is 21.0. The molecule has 6 rings (SSSR count). The van der Waals surface area contributed by atoms with Crippen LogP contribution in [0.1, 0.15) is 93.7 Å². The Labute approximate surface area is 340 Å². The second-order valence-corrected chi connectivity index (χ2v) is 15.0. The number of aromatic amines is 1. The molecule has 1 atom stereocenters. The number of aliphatic hydroxyl groups is 1. The summed E-state index contributed by atoms with van der Waals surface area (Å²) in [5.74, 6) is -0.0136. The minimum absolute atomic E-state index is 0.0136. The van der Waals surface area contributed by atoms with E-state index in [2.05, 4.69) is 57.3 Å². The number of aryl methyl sites for hydroxylation is 3. The average Bonchev–Trinajstić information content (AvgIpc) is 3.66. The van der Waals surface area contributed by atoms with Crippen molar-refractivity contribution < 1.29 is 24.5 Å². The summed E-state index contributed by atoms with van der Waals surface area (Å²) in [6, 6.07) is 14.3. The van der Waals surface area contributed by atoms with E-state index in [9.17, 15) is 19.8 Å². The number of aliphatic hydroxyl groups excluding tert-OH is 1. The number of nitrogens with zero attached hydrogens (tertiary/aromatic N) is 3. The maximum atomic E-state index is 13.1. The molecule has 312 valence electrons. The second-order valence-electron chi connectivity index (χ2n) is 15.0. The quantitative estimate of drug-likeness (QED) is 0.0372. The van der Waals surface area contributed by atoms with Crippen LogP contribution in [0.3, 0.4) is 0 Å². The van der Waals surface area contributed by atoms with Crippen LogP contribution in [0.5, 0.6) is 5.75 Å². The largest absolute Gasteiger partial charge is 0.506 e. The first-order valence-electron chi connectivity index (χ1n) is 21.0. The molecule has 0 radical (unpaired) electrons. The first kappa shape index (κ1) is 42.6. The molecule has 14 heteroatoms. The number of benzene rings is 2. The molecule has 7 N–H and O–H groups in total. The standard InChI is InChI=1S/C44H60N8O6/c1-3-37-35(41(48-32-20-25-58-26-21-32)36-28-47-52(4-2)43(36)50-37)27-46-44(56)49-31-14-12-30(13-15-31)11-7-10-24-57-23-9-6-5-8-22-45-29-39(54)33-16-18-38(53)42-34(33)17-19-40(55)51-42/h12-19,28,32,39,45,53-54H,3-11,20-27,29H2,1-2H3,(H,48,50)(H,51,55)(H2,46,49,56)/t39-/m0/s1. The summed E-state index contributed by atoms with van der Waals surface area (Å²) in [4.78, 5) is 32.3. The Morgan fingerprint density at radius 1 is 0.983 bits per heavy atom. The molecule has 2 aromatic carbocycles. The molecule has 1 aliphatic heterocycles. The molecule has 0 unspecified atom stereocenters. The molecular formula is C44H60N8O6. The van der Waals surface area contributed by atoms with Gasteiger partial charge in [-0.15, -0.1) is 0 Å². The number of unbranched alkanes of at least 4 members (excludes halogenated alkanes) is 4.